The van der Waals surface area contributed by atoms with Gasteiger partial charge in [-0.3, -0.25) is 9.78 Å². The van der Waals surface area contributed by atoms with Crippen molar-refractivity contribution >= 4 is 5.91 Å². The minimum Gasteiger partial charge on any atom is -0.482 e. The van der Waals surface area contributed by atoms with Gasteiger partial charge < -0.3 is 15.4 Å². The quantitative estimate of drug-likeness (QED) is 0.717. The highest BCUT2D eigenvalue weighted by Gasteiger charge is 2.27. The van der Waals surface area contributed by atoms with Gasteiger partial charge in [-0.1, -0.05) is 6.92 Å². The Hall–Kier alpha value is -1.83. The van der Waals surface area contributed by atoms with Crippen LogP contribution in [-0.2, 0) is 11.3 Å². The van der Waals surface area contributed by atoms with E-state index in [-0.39, 0.29) is 0 Å². The Labute approximate surface area is 120 Å². The molecule has 2 N–H and O–H groups in total. The molecule has 118 valence electrons. The Kier molecular flexibility index (Phi) is 6.93. The third kappa shape index (κ3) is 8.13. The van der Waals surface area contributed by atoms with E-state index in [2.05, 4.69) is 17.2 Å². The van der Waals surface area contributed by atoms with E-state index in [0.717, 1.165) is 18.7 Å². The van der Waals surface area contributed by atoms with Crippen LogP contribution in [0.15, 0.2) is 18.3 Å². The molecule has 0 aliphatic carbocycles. The van der Waals surface area contributed by atoms with Crippen LogP contribution in [0.2, 0.25) is 0 Å². The second-order valence-corrected chi connectivity index (χ2v) is 4.34. The number of carbonyl (C=O) groups excluding carboxylic acids is 1. The van der Waals surface area contributed by atoms with Crippen molar-refractivity contribution < 1.29 is 22.7 Å². The van der Waals surface area contributed by atoms with Crippen LogP contribution in [0.5, 0.6) is 5.75 Å². The van der Waals surface area contributed by atoms with Crippen LogP contribution >= 0.6 is 0 Å². The zero-order chi connectivity index (χ0) is 15.7. The predicted molar refractivity (Wildman–Crippen MR) is 70.8 cm³/mol. The number of nitrogens with one attached hydrogen (secondary N) is 2. The number of nitrogens with zero attached hydrogens (tertiary/aromatic N) is 1. The maximum absolute atomic E-state index is 11.9. The number of pyridine rings is 1. The van der Waals surface area contributed by atoms with Crippen LogP contribution in [0.3, 0.4) is 0 Å². The molecule has 8 heteroatoms. The van der Waals surface area contributed by atoms with E-state index in [1.54, 1.807) is 17.4 Å². The Morgan fingerprint density at radius 2 is 2.14 bits per heavy atom. The Morgan fingerprint density at radius 3 is 2.71 bits per heavy atom. The normalized spacial score (nSPS) is 11.2. The van der Waals surface area contributed by atoms with E-state index in [1.165, 1.54) is 6.20 Å². The van der Waals surface area contributed by atoms with Gasteiger partial charge in [0.05, 0.1) is 11.9 Å². The Bertz CT molecular complexity index is 435. The first kappa shape index (κ1) is 17.2. The van der Waals surface area contributed by atoms with Gasteiger partial charge in [0.25, 0.3) is 5.91 Å². The summed E-state index contributed by atoms with van der Waals surface area (Å²) in [5.74, 6) is -0.502. The maximum atomic E-state index is 11.9. The fourth-order valence-corrected chi connectivity index (χ4v) is 1.39. The number of halogens is 3. The average molecular weight is 305 g/mol. The molecule has 0 saturated carbocycles. The molecule has 0 saturated heterocycles. The van der Waals surface area contributed by atoms with Gasteiger partial charge in [-0.05, 0) is 25.1 Å². The molecule has 0 radical (unpaired) electrons. The first-order chi connectivity index (χ1) is 9.90. The molecule has 0 aliphatic rings. The molecule has 5 nitrogen and oxygen atoms in total. The lowest BCUT2D eigenvalue weighted by Gasteiger charge is -2.09. The van der Waals surface area contributed by atoms with E-state index >= 15 is 0 Å². The summed E-state index contributed by atoms with van der Waals surface area (Å²) in [6.07, 6.45) is -1.97. The second-order valence-electron chi connectivity index (χ2n) is 4.34. The zero-order valence-corrected chi connectivity index (χ0v) is 11.7. The lowest BCUT2D eigenvalue weighted by molar-refractivity contribution is -0.139. The molecular weight excluding hydrogens is 287 g/mol. The molecule has 0 bridgehead atoms. The third-order valence-corrected chi connectivity index (χ3v) is 2.39. The van der Waals surface area contributed by atoms with Crippen LogP contribution in [0.25, 0.3) is 0 Å². The number of alkyl halides is 3. The Balaban J connectivity index is 2.30. The topological polar surface area (TPSA) is 63.2 Å². The van der Waals surface area contributed by atoms with Crippen molar-refractivity contribution in [1.29, 1.82) is 0 Å². The number of amides is 1. The molecule has 0 unspecified atom stereocenters. The van der Waals surface area contributed by atoms with E-state index in [0.29, 0.717) is 12.3 Å². The summed E-state index contributed by atoms with van der Waals surface area (Å²) < 4.78 is 40.7. The summed E-state index contributed by atoms with van der Waals surface area (Å²) in [4.78, 5) is 15.3. The number of hydrogen-bond acceptors (Lipinski definition) is 4. The lowest BCUT2D eigenvalue weighted by atomic mass is 10.3. The first-order valence-corrected chi connectivity index (χ1v) is 6.52. The molecule has 21 heavy (non-hydrogen) atoms. The minimum absolute atomic E-state index is 0.330. The van der Waals surface area contributed by atoms with E-state index in [9.17, 15) is 18.0 Å². The molecule has 1 aromatic rings. The first-order valence-electron chi connectivity index (χ1n) is 6.52. The van der Waals surface area contributed by atoms with Crippen LogP contribution in [-0.4, -0.2) is 36.8 Å². The standard InChI is InChI=1S/C13H18F3N3O2/c1-2-5-17-6-10-3-4-11(7-18-10)21-8-12(20)19-9-13(14,15)16/h3-4,7,17H,2,5-6,8-9H2,1H3,(H,19,20). The number of hydrogen-bond donors (Lipinski definition) is 2. The molecule has 0 spiro atoms. The number of ether oxygens (including phenoxy) is 1. The van der Waals surface area contributed by atoms with Gasteiger partial charge in [0, 0.05) is 6.54 Å². The third-order valence-electron chi connectivity index (χ3n) is 2.39. The van der Waals surface area contributed by atoms with Crippen molar-refractivity contribution in [2.45, 2.75) is 26.1 Å². The molecule has 1 heterocycles. The lowest BCUT2D eigenvalue weighted by Crippen LogP contribution is -2.36. The fourth-order valence-electron chi connectivity index (χ4n) is 1.39. The smallest absolute Gasteiger partial charge is 0.405 e. The second kappa shape index (κ2) is 8.46. The van der Waals surface area contributed by atoms with Crippen LogP contribution < -0.4 is 15.4 Å². The summed E-state index contributed by atoms with van der Waals surface area (Å²) in [5, 5.41) is 4.90. The van der Waals surface area contributed by atoms with Crippen molar-refractivity contribution in [2.24, 2.45) is 0 Å². The number of aromatic nitrogens is 1. The highest BCUT2D eigenvalue weighted by atomic mass is 19.4. The van der Waals surface area contributed by atoms with E-state index < -0.39 is 25.2 Å². The average Bonchev–Trinajstić information content (AvgIpc) is 2.44. The van der Waals surface area contributed by atoms with Crippen molar-refractivity contribution in [2.75, 3.05) is 19.7 Å². The maximum Gasteiger partial charge on any atom is 0.405 e. The number of rotatable bonds is 8. The van der Waals surface area contributed by atoms with Gasteiger partial charge in [-0.25, -0.2) is 0 Å². The van der Waals surface area contributed by atoms with E-state index in [4.69, 9.17) is 4.74 Å². The largest absolute Gasteiger partial charge is 0.482 e. The molecule has 0 aromatic carbocycles. The van der Waals surface area contributed by atoms with Crippen molar-refractivity contribution in [3.05, 3.63) is 24.0 Å². The zero-order valence-electron chi connectivity index (χ0n) is 11.7. The van der Waals surface area contributed by atoms with Gasteiger partial charge in [0.15, 0.2) is 6.61 Å². The monoisotopic (exact) mass is 305 g/mol. The van der Waals surface area contributed by atoms with Crippen molar-refractivity contribution in [3.8, 4) is 5.75 Å². The molecular formula is C13H18F3N3O2. The van der Waals surface area contributed by atoms with Crippen molar-refractivity contribution in [3.63, 3.8) is 0 Å². The van der Waals surface area contributed by atoms with Crippen molar-refractivity contribution in [1.82, 2.24) is 15.6 Å². The highest BCUT2D eigenvalue weighted by Crippen LogP contribution is 2.12. The predicted octanol–water partition coefficient (Wildman–Crippen LogP) is 1.64. The van der Waals surface area contributed by atoms with Crippen LogP contribution in [0.1, 0.15) is 19.0 Å². The molecule has 0 fully saturated rings. The molecule has 1 aromatic heterocycles. The molecule has 0 aliphatic heterocycles. The molecule has 1 rings (SSSR count). The summed E-state index contributed by atoms with van der Waals surface area (Å²) in [6.45, 7) is 1.72. The van der Waals surface area contributed by atoms with Gasteiger partial charge in [-0.15, -0.1) is 0 Å². The van der Waals surface area contributed by atoms with Crippen LogP contribution in [0, 0.1) is 0 Å². The summed E-state index contributed by atoms with van der Waals surface area (Å²) in [6, 6.07) is 3.35. The summed E-state index contributed by atoms with van der Waals surface area (Å²) in [7, 11) is 0. The fraction of sp³-hybridized carbons (Fsp3) is 0.538. The Morgan fingerprint density at radius 1 is 1.38 bits per heavy atom. The van der Waals surface area contributed by atoms with Gasteiger partial charge in [0.2, 0.25) is 0 Å². The van der Waals surface area contributed by atoms with Gasteiger partial charge in [-0.2, -0.15) is 13.2 Å². The minimum atomic E-state index is -4.43. The van der Waals surface area contributed by atoms with E-state index in [1.807, 2.05) is 0 Å². The highest BCUT2D eigenvalue weighted by molar-refractivity contribution is 5.77. The SMILES string of the molecule is CCCNCc1ccc(OCC(=O)NCC(F)(F)F)cn1. The summed E-state index contributed by atoms with van der Waals surface area (Å²) in [5.41, 5.74) is 0.817. The molecule has 1 amide bonds. The number of carbonyl (C=O) groups is 1. The van der Waals surface area contributed by atoms with Crippen LogP contribution in [0.4, 0.5) is 13.2 Å². The van der Waals surface area contributed by atoms with Gasteiger partial charge >= 0.3 is 6.18 Å². The van der Waals surface area contributed by atoms with Gasteiger partial charge in [0.1, 0.15) is 12.3 Å². The molecule has 0 atom stereocenters. The summed E-state index contributed by atoms with van der Waals surface area (Å²) >= 11 is 0.